The number of aromatic nitrogens is 5. The van der Waals surface area contributed by atoms with E-state index in [0.717, 1.165) is 50.7 Å². The molecule has 0 radical (unpaired) electrons. The van der Waals surface area contributed by atoms with Gasteiger partial charge in [-0.05, 0) is 26.0 Å². The van der Waals surface area contributed by atoms with E-state index in [1.165, 1.54) is 31.5 Å². The Balaban J connectivity index is 1.49. The van der Waals surface area contributed by atoms with Crippen molar-refractivity contribution < 1.29 is 4.39 Å². The van der Waals surface area contributed by atoms with Gasteiger partial charge in [0.1, 0.15) is 29.1 Å². The number of hydrogen-bond acceptors (Lipinski definition) is 7. The zero-order valence-corrected chi connectivity index (χ0v) is 17.2. The maximum atomic E-state index is 13.7. The van der Waals surface area contributed by atoms with Gasteiger partial charge in [0.05, 0.1) is 11.6 Å². The van der Waals surface area contributed by atoms with Crippen molar-refractivity contribution in [1.29, 1.82) is 0 Å². The molecule has 0 aromatic carbocycles. The van der Waals surface area contributed by atoms with Crippen molar-refractivity contribution in [2.45, 2.75) is 38.0 Å². The summed E-state index contributed by atoms with van der Waals surface area (Å²) in [5, 5.41) is 11.0. The topological polar surface area (TPSA) is 85.9 Å². The summed E-state index contributed by atoms with van der Waals surface area (Å²) in [7, 11) is 2.15. The number of rotatable bonds is 4. The minimum Gasteiger partial charge on any atom is -0.354 e. The van der Waals surface area contributed by atoms with E-state index in [1.807, 2.05) is 6.07 Å². The first-order valence-corrected chi connectivity index (χ1v) is 10.7. The Hall–Kier alpha value is -2.81. The van der Waals surface area contributed by atoms with Gasteiger partial charge in [-0.25, -0.2) is 19.3 Å². The third-order valence-electron chi connectivity index (χ3n) is 6.16. The van der Waals surface area contributed by atoms with Crippen molar-refractivity contribution in [2.24, 2.45) is 0 Å². The molecule has 5 rings (SSSR count). The molecule has 30 heavy (non-hydrogen) atoms. The fourth-order valence-corrected chi connectivity index (χ4v) is 4.36. The van der Waals surface area contributed by atoms with E-state index in [1.54, 1.807) is 0 Å². The number of fused-ring (bicyclic) bond motifs is 1. The normalized spacial score (nSPS) is 18.8. The molecule has 3 aromatic rings. The molecule has 8 nitrogen and oxygen atoms in total. The molecule has 0 unspecified atom stereocenters. The van der Waals surface area contributed by atoms with Gasteiger partial charge in [-0.1, -0.05) is 19.3 Å². The van der Waals surface area contributed by atoms with E-state index in [-0.39, 0.29) is 0 Å². The van der Waals surface area contributed by atoms with Crippen molar-refractivity contribution >= 4 is 28.5 Å². The Kier molecular flexibility index (Phi) is 5.20. The number of pyridine rings is 1. The number of piperazine rings is 1. The minimum absolute atomic E-state index is 0.393. The van der Waals surface area contributed by atoms with E-state index < -0.39 is 5.82 Å². The maximum absolute atomic E-state index is 13.7. The third-order valence-corrected chi connectivity index (χ3v) is 6.16. The zero-order valence-electron chi connectivity index (χ0n) is 17.2. The summed E-state index contributed by atoms with van der Waals surface area (Å²) < 4.78 is 13.7. The second-order valence-electron chi connectivity index (χ2n) is 8.34. The minimum atomic E-state index is -0.393. The van der Waals surface area contributed by atoms with Gasteiger partial charge in [0.2, 0.25) is 0 Å². The Bertz CT molecular complexity index is 1020. The molecule has 2 aliphatic rings. The highest BCUT2D eigenvalue weighted by atomic mass is 19.1. The van der Waals surface area contributed by atoms with Gasteiger partial charge in [0, 0.05) is 38.2 Å². The van der Waals surface area contributed by atoms with Gasteiger partial charge in [-0.3, -0.25) is 5.10 Å². The second-order valence-corrected chi connectivity index (χ2v) is 8.34. The van der Waals surface area contributed by atoms with Crippen LogP contribution in [-0.4, -0.2) is 63.3 Å². The summed E-state index contributed by atoms with van der Waals surface area (Å²) >= 11 is 0. The van der Waals surface area contributed by atoms with E-state index in [2.05, 4.69) is 37.3 Å². The van der Waals surface area contributed by atoms with Crippen molar-refractivity contribution in [3.8, 4) is 0 Å². The van der Waals surface area contributed by atoms with Gasteiger partial charge in [-0.15, -0.1) is 0 Å². The molecular weight excluding hydrogens is 383 g/mol. The number of nitrogens with zero attached hydrogens (tertiary/aromatic N) is 6. The first-order chi connectivity index (χ1) is 14.7. The number of H-pyrrole nitrogens is 1. The summed E-state index contributed by atoms with van der Waals surface area (Å²) in [6, 6.07) is 3.41. The van der Waals surface area contributed by atoms with Crippen LogP contribution in [0.15, 0.2) is 18.3 Å². The Morgan fingerprint density at radius 1 is 1.07 bits per heavy atom. The quantitative estimate of drug-likeness (QED) is 0.681. The molecule has 1 aliphatic carbocycles. The van der Waals surface area contributed by atoms with Crippen LogP contribution < -0.4 is 10.2 Å². The lowest BCUT2D eigenvalue weighted by molar-refractivity contribution is 0.311. The molecule has 0 spiro atoms. The van der Waals surface area contributed by atoms with Crippen molar-refractivity contribution in [2.75, 3.05) is 43.4 Å². The molecule has 0 bridgehead atoms. The Morgan fingerprint density at radius 2 is 1.87 bits per heavy atom. The number of anilines is 3. The van der Waals surface area contributed by atoms with Crippen LogP contribution >= 0.6 is 0 Å². The van der Waals surface area contributed by atoms with Crippen LogP contribution in [-0.2, 0) is 0 Å². The Labute approximate surface area is 174 Å². The molecule has 9 heteroatoms. The molecule has 158 valence electrons. The van der Waals surface area contributed by atoms with Crippen LogP contribution in [0.25, 0.3) is 11.0 Å². The summed E-state index contributed by atoms with van der Waals surface area (Å²) in [5.41, 5.74) is 0.472. The molecule has 2 fully saturated rings. The van der Waals surface area contributed by atoms with Crippen LogP contribution in [0.4, 0.5) is 21.8 Å². The van der Waals surface area contributed by atoms with Crippen LogP contribution in [0.1, 0.15) is 43.8 Å². The van der Waals surface area contributed by atoms with Crippen LogP contribution in [0.2, 0.25) is 0 Å². The monoisotopic (exact) mass is 410 g/mol. The molecule has 1 saturated heterocycles. The lowest BCUT2D eigenvalue weighted by Gasteiger charge is -2.33. The van der Waals surface area contributed by atoms with E-state index in [9.17, 15) is 4.39 Å². The number of aromatic amines is 1. The van der Waals surface area contributed by atoms with Gasteiger partial charge in [-0.2, -0.15) is 5.10 Å². The first kappa shape index (κ1) is 19.2. The van der Waals surface area contributed by atoms with E-state index in [0.29, 0.717) is 28.6 Å². The summed E-state index contributed by atoms with van der Waals surface area (Å²) in [5.74, 6) is 3.15. The smallest absolute Gasteiger partial charge is 0.183 e. The number of hydrogen-bond donors (Lipinski definition) is 2. The molecule has 3 aromatic heterocycles. The highest BCUT2D eigenvalue weighted by molar-refractivity contribution is 5.88. The maximum Gasteiger partial charge on any atom is 0.183 e. The fourth-order valence-electron chi connectivity index (χ4n) is 4.36. The predicted molar refractivity (Wildman–Crippen MR) is 115 cm³/mol. The van der Waals surface area contributed by atoms with Crippen LogP contribution in [0.3, 0.4) is 0 Å². The van der Waals surface area contributed by atoms with Gasteiger partial charge in [0.25, 0.3) is 0 Å². The zero-order chi connectivity index (χ0) is 20.5. The fraction of sp³-hybridized carbons (Fsp3) is 0.524. The standard InChI is InChI=1S/C21H27FN8/c1-29-7-9-30(10-8-29)18-12-17(24-19(26-18)14-5-3-2-4-6-14)25-21-16-11-15(22)13-23-20(16)27-28-21/h11-14H,2-10H2,1H3,(H2,23,24,25,26,27,28). The molecule has 2 N–H and O–H groups in total. The van der Waals surface area contributed by atoms with Gasteiger partial charge >= 0.3 is 0 Å². The average molecular weight is 411 g/mol. The average Bonchev–Trinajstić information content (AvgIpc) is 3.16. The summed E-state index contributed by atoms with van der Waals surface area (Å²) in [6.07, 6.45) is 7.18. The highest BCUT2D eigenvalue weighted by Crippen LogP contribution is 2.33. The number of likely N-dealkylation sites (N-methyl/N-ethyl adjacent to an activating group) is 1. The van der Waals surface area contributed by atoms with Gasteiger partial charge in [0.15, 0.2) is 5.65 Å². The summed E-state index contributed by atoms with van der Waals surface area (Å²) in [4.78, 5) is 18.5. The van der Waals surface area contributed by atoms with Crippen LogP contribution in [0, 0.1) is 5.82 Å². The number of halogens is 1. The van der Waals surface area contributed by atoms with Gasteiger partial charge < -0.3 is 15.1 Å². The molecule has 0 amide bonds. The van der Waals surface area contributed by atoms with Crippen molar-refractivity contribution in [3.63, 3.8) is 0 Å². The molecule has 1 saturated carbocycles. The van der Waals surface area contributed by atoms with E-state index in [4.69, 9.17) is 9.97 Å². The Morgan fingerprint density at radius 3 is 2.67 bits per heavy atom. The second kappa shape index (κ2) is 8.14. The SMILES string of the molecule is CN1CCN(c2cc(Nc3[nH]nc4ncc(F)cc34)nc(C3CCCCC3)n2)CC1. The first-order valence-electron chi connectivity index (χ1n) is 10.7. The van der Waals surface area contributed by atoms with Crippen molar-refractivity contribution in [3.05, 3.63) is 30.0 Å². The molecule has 4 heterocycles. The lowest BCUT2D eigenvalue weighted by atomic mass is 9.88. The van der Waals surface area contributed by atoms with E-state index >= 15 is 0 Å². The summed E-state index contributed by atoms with van der Waals surface area (Å²) in [6.45, 7) is 3.92. The number of nitrogens with one attached hydrogen (secondary N) is 2. The molecule has 1 aliphatic heterocycles. The molecule has 0 atom stereocenters. The van der Waals surface area contributed by atoms with Crippen molar-refractivity contribution in [1.82, 2.24) is 30.0 Å². The van der Waals surface area contributed by atoms with Crippen LogP contribution in [0.5, 0.6) is 0 Å². The largest absolute Gasteiger partial charge is 0.354 e. The highest BCUT2D eigenvalue weighted by Gasteiger charge is 2.23. The predicted octanol–water partition coefficient (Wildman–Crippen LogP) is 3.43. The third kappa shape index (κ3) is 3.94. The molecular formula is C21H27FN8. The lowest BCUT2D eigenvalue weighted by Crippen LogP contribution is -2.45.